The molecule has 4 nitrogen and oxygen atoms in total. The van der Waals surface area contributed by atoms with Crippen LogP contribution in [0.4, 0.5) is 4.39 Å². The Morgan fingerprint density at radius 2 is 1.17 bits per heavy atom. The Hall–Kier alpha value is -1.13. The van der Waals surface area contributed by atoms with E-state index in [4.69, 9.17) is 9.47 Å². The molecule has 0 N–H and O–H groups in total. The Morgan fingerprint density at radius 1 is 0.889 bits per heavy atom. The number of alkyl halides is 1. The second kappa shape index (κ2) is 5.24. The van der Waals surface area contributed by atoms with E-state index < -0.39 is 28.8 Å². The average Bonchev–Trinajstić information content (AvgIpc) is 2.10. The third kappa shape index (κ3) is 5.02. The number of esters is 2. The van der Waals surface area contributed by atoms with Gasteiger partial charge in [0.25, 0.3) is 0 Å². The van der Waals surface area contributed by atoms with Gasteiger partial charge in [-0.05, 0) is 41.5 Å². The van der Waals surface area contributed by atoms with Crippen molar-refractivity contribution in [3.8, 4) is 0 Å². The lowest BCUT2D eigenvalue weighted by Crippen LogP contribution is -2.48. The Bertz CT molecular complexity index is 295. The van der Waals surface area contributed by atoms with E-state index in [1.165, 1.54) is 6.92 Å². The van der Waals surface area contributed by atoms with E-state index in [9.17, 15) is 14.0 Å². The van der Waals surface area contributed by atoms with Gasteiger partial charge in [0.15, 0.2) is 0 Å². The molecule has 0 atom stereocenters. The molecule has 0 aromatic heterocycles. The molecular formula is C13H23FO4. The summed E-state index contributed by atoms with van der Waals surface area (Å²) in [4.78, 5) is 23.5. The highest BCUT2D eigenvalue weighted by atomic mass is 19.1. The van der Waals surface area contributed by atoms with Gasteiger partial charge < -0.3 is 9.47 Å². The van der Waals surface area contributed by atoms with Crippen molar-refractivity contribution in [2.24, 2.45) is 0 Å². The van der Waals surface area contributed by atoms with E-state index in [0.29, 0.717) is 0 Å². The maximum absolute atomic E-state index is 14.4. The summed E-state index contributed by atoms with van der Waals surface area (Å²) in [6.45, 7) is 11.0. The Labute approximate surface area is 108 Å². The van der Waals surface area contributed by atoms with E-state index in [-0.39, 0.29) is 6.42 Å². The van der Waals surface area contributed by atoms with Crippen LogP contribution in [0.5, 0.6) is 0 Å². The summed E-state index contributed by atoms with van der Waals surface area (Å²) in [7, 11) is 0. The molecule has 0 aromatic carbocycles. The zero-order valence-electron chi connectivity index (χ0n) is 12.2. The molecule has 0 heterocycles. The van der Waals surface area contributed by atoms with E-state index in [0.717, 1.165) is 0 Å². The Morgan fingerprint density at radius 3 is 1.33 bits per heavy atom. The predicted octanol–water partition coefficient (Wildman–Crippen LogP) is 2.79. The first-order valence-corrected chi connectivity index (χ1v) is 5.97. The molecule has 5 heteroatoms. The SMILES string of the molecule is CCC(F)(C(=O)OC(C)(C)C)C(=O)OC(C)(C)C. The molecule has 0 saturated carbocycles. The lowest BCUT2D eigenvalue weighted by molar-refractivity contribution is -0.187. The first-order valence-electron chi connectivity index (χ1n) is 5.97. The van der Waals surface area contributed by atoms with Crippen LogP contribution in [0, 0.1) is 0 Å². The first kappa shape index (κ1) is 16.9. The van der Waals surface area contributed by atoms with Gasteiger partial charge in [0, 0.05) is 6.42 Å². The molecule has 0 aliphatic carbocycles. The quantitative estimate of drug-likeness (QED) is 0.579. The normalized spacial score (nSPS) is 13.1. The van der Waals surface area contributed by atoms with Crippen LogP contribution < -0.4 is 0 Å². The Balaban J connectivity index is 5.01. The summed E-state index contributed by atoms with van der Waals surface area (Å²) in [6, 6.07) is 0. The number of carbonyl (C=O) groups excluding carboxylic acids is 2. The van der Waals surface area contributed by atoms with Crippen LogP contribution in [0.15, 0.2) is 0 Å². The Kier molecular flexibility index (Phi) is 4.91. The van der Waals surface area contributed by atoms with Crippen LogP contribution in [0.2, 0.25) is 0 Å². The monoisotopic (exact) mass is 262 g/mol. The van der Waals surface area contributed by atoms with Crippen LogP contribution in [-0.2, 0) is 19.1 Å². The number of hydrogen-bond acceptors (Lipinski definition) is 4. The molecule has 0 aliphatic heterocycles. The van der Waals surface area contributed by atoms with Crippen molar-refractivity contribution in [3.05, 3.63) is 0 Å². The van der Waals surface area contributed by atoms with Gasteiger partial charge in [-0.25, -0.2) is 14.0 Å². The minimum absolute atomic E-state index is 0.323. The zero-order chi connectivity index (χ0) is 14.8. The number of hydrogen-bond donors (Lipinski definition) is 0. The molecule has 0 aliphatic rings. The summed E-state index contributed by atoms with van der Waals surface area (Å²) in [5, 5.41) is 0. The summed E-state index contributed by atoms with van der Waals surface area (Å²) >= 11 is 0. The number of rotatable bonds is 3. The van der Waals surface area contributed by atoms with Crippen LogP contribution in [0.25, 0.3) is 0 Å². The van der Waals surface area contributed by atoms with Gasteiger partial charge in [0.2, 0.25) is 0 Å². The number of halogens is 1. The molecular weight excluding hydrogens is 239 g/mol. The van der Waals surface area contributed by atoms with Gasteiger partial charge in [-0.2, -0.15) is 0 Å². The van der Waals surface area contributed by atoms with Gasteiger partial charge in [-0.3, -0.25) is 0 Å². The van der Waals surface area contributed by atoms with Crippen molar-refractivity contribution in [2.45, 2.75) is 71.8 Å². The smallest absolute Gasteiger partial charge is 0.356 e. The molecule has 0 fully saturated rings. The summed E-state index contributed by atoms with van der Waals surface area (Å²) in [5.74, 6) is -2.40. The topological polar surface area (TPSA) is 52.6 Å². The van der Waals surface area contributed by atoms with Crippen LogP contribution in [0.1, 0.15) is 54.9 Å². The third-order valence-corrected chi connectivity index (χ3v) is 1.93. The minimum Gasteiger partial charge on any atom is -0.457 e. The highest BCUT2D eigenvalue weighted by molar-refractivity contribution is 6.03. The third-order valence-electron chi connectivity index (χ3n) is 1.93. The van der Waals surface area contributed by atoms with Crippen molar-refractivity contribution in [1.29, 1.82) is 0 Å². The molecule has 106 valence electrons. The van der Waals surface area contributed by atoms with E-state index >= 15 is 0 Å². The second-order valence-electron chi connectivity index (χ2n) is 6.16. The van der Waals surface area contributed by atoms with Crippen molar-refractivity contribution in [2.75, 3.05) is 0 Å². The standard InChI is InChI=1S/C13H23FO4/c1-8-13(14,9(15)17-11(2,3)4)10(16)18-12(5,6)7/h8H2,1-7H3. The largest absolute Gasteiger partial charge is 0.457 e. The fourth-order valence-corrected chi connectivity index (χ4v) is 1.09. The van der Waals surface area contributed by atoms with Gasteiger partial charge in [0.05, 0.1) is 0 Å². The van der Waals surface area contributed by atoms with Crippen molar-refractivity contribution in [1.82, 2.24) is 0 Å². The number of carbonyl (C=O) groups is 2. The molecule has 0 amide bonds. The molecule has 0 aromatic rings. The average molecular weight is 262 g/mol. The first-order chi connectivity index (χ1) is 7.82. The van der Waals surface area contributed by atoms with Crippen LogP contribution >= 0.6 is 0 Å². The van der Waals surface area contributed by atoms with Gasteiger partial charge in [0.1, 0.15) is 11.2 Å². The fraction of sp³-hybridized carbons (Fsp3) is 0.846. The lowest BCUT2D eigenvalue weighted by Gasteiger charge is -2.29. The van der Waals surface area contributed by atoms with Gasteiger partial charge >= 0.3 is 17.6 Å². The summed E-state index contributed by atoms with van der Waals surface area (Å²) < 4.78 is 24.2. The second-order valence-corrected chi connectivity index (χ2v) is 6.16. The maximum atomic E-state index is 14.4. The fourth-order valence-electron chi connectivity index (χ4n) is 1.09. The molecule has 18 heavy (non-hydrogen) atoms. The van der Waals surface area contributed by atoms with Gasteiger partial charge in [-0.15, -0.1) is 0 Å². The van der Waals surface area contributed by atoms with Crippen molar-refractivity contribution < 1.29 is 23.5 Å². The molecule has 0 saturated heterocycles. The molecule has 0 spiro atoms. The molecule has 0 bridgehead atoms. The van der Waals surface area contributed by atoms with Crippen LogP contribution in [0.3, 0.4) is 0 Å². The van der Waals surface area contributed by atoms with E-state index in [1.54, 1.807) is 41.5 Å². The van der Waals surface area contributed by atoms with E-state index in [2.05, 4.69) is 0 Å². The molecule has 0 radical (unpaired) electrons. The van der Waals surface area contributed by atoms with Crippen molar-refractivity contribution in [3.63, 3.8) is 0 Å². The van der Waals surface area contributed by atoms with Crippen LogP contribution in [-0.4, -0.2) is 28.8 Å². The van der Waals surface area contributed by atoms with Gasteiger partial charge in [-0.1, -0.05) is 6.92 Å². The summed E-state index contributed by atoms with van der Waals surface area (Å²) in [6.07, 6.45) is -0.323. The summed E-state index contributed by atoms with van der Waals surface area (Å²) in [5.41, 5.74) is -4.46. The molecule has 0 rings (SSSR count). The lowest BCUT2D eigenvalue weighted by atomic mass is 10.0. The number of ether oxygens (including phenoxy) is 2. The van der Waals surface area contributed by atoms with E-state index in [1.807, 2.05) is 0 Å². The maximum Gasteiger partial charge on any atom is 0.356 e. The molecule has 0 unspecified atom stereocenters. The van der Waals surface area contributed by atoms with Crippen molar-refractivity contribution >= 4 is 11.9 Å². The highest BCUT2D eigenvalue weighted by Crippen LogP contribution is 2.25. The minimum atomic E-state index is -2.75. The zero-order valence-corrected chi connectivity index (χ0v) is 12.2. The highest BCUT2D eigenvalue weighted by Gasteiger charge is 2.50. The predicted molar refractivity (Wildman–Crippen MR) is 65.8 cm³/mol.